The molecule has 1 saturated heterocycles. The van der Waals surface area contributed by atoms with Crippen LogP contribution in [0.3, 0.4) is 0 Å². The molecule has 39 heavy (non-hydrogen) atoms. The van der Waals surface area contributed by atoms with E-state index >= 15 is 0 Å². The largest absolute Gasteiger partial charge is 0.496 e. The molecule has 1 aliphatic heterocycles. The first-order chi connectivity index (χ1) is 18.7. The molecule has 2 N–H and O–H groups in total. The number of aromatic carboxylic acids is 1. The zero-order chi connectivity index (χ0) is 28.1. The number of aryl methyl sites for hydroxylation is 1. The number of ketones is 1. The maximum absolute atomic E-state index is 13.6. The third kappa shape index (κ3) is 6.42. The fourth-order valence-corrected chi connectivity index (χ4v) is 5.44. The van der Waals surface area contributed by atoms with Crippen molar-refractivity contribution in [1.29, 1.82) is 0 Å². The molecule has 0 unspecified atom stereocenters. The number of nitrogens with one attached hydrogen (secondary N) is 1. The summed E-state index contributed by atoms with van der Waals surface area (Å²) in [6.45, 7) is 5.37. The van der Waals surface area contributed by atoms with Crippen molar-refractivity contribution < 1.29 is 24.2 Å². The molecule has 1 aliphatic rings. The number of piperidine rings is 1. The topological polar surface area (TPSA) is 99.2 Å². The quantitative estimate of drug-likeness (QED) is 0.229. The van der Waals surface area contributed by atoms with Gasteiger partial charge in [-0.15, -0.1) is 0 Å². The minimum absolute atomic E-state index is 0.0300. The van der Waals surface area contributed by atoms with Gasteiger partial charge in [0.05, 0.1) is 30.6 Å². The zero-order valence-corrected chi connectivity index (χ0v) is 23.9. The molecule has 1 fully saturated rings. The molecule has 9 heteroatoms. The molecule has 3 aromatic carbocycles. The summed E-state index contributed by atoms with van der Waals surface area (Å²) in [4.78, 5) is 39.6. The first-order valence-electron chi connectivity index (χ1n) is 12.8. The number of carbonyl (C=O) groups is 3. The van der Waals surface area contributed by atoms with Gasteiger partial charge in [-0.3, -0.25) is 20.0 Å². The number of hydrazine groups is 1. The molecule has 0 radical (unpaired) electrons. The van der Waals surface area contributed by atoms with E-state index in [9.17, 15) is 19.5 Å². The van der Waals surface area contributed by atoms with Gasteiger partial charge in [-0.25, -0.2) is 4.79 Å². The number of rotatable bonds is 9. The first kappa shape index (κ1) is 28.2. The Morgan fingerprint density at radius 3 is 2.36 bits per heavy atom. The van der Waals surface area contributed by atoms with E-state index in [0.29, 0.717) is 21.3 Å². The average Bonchev–Trinajstić information content (AvgIpc) is 2.92. The lowest BCUT2D eigenvalue weighted by Crippen LogP contribution is -2.41. The average molecular weight is 595 g/mol. The van der Waals surface area contributed by atoms with Gasteiger partial charge in [0, 0.05) is 28.7 Å². The molecule has 1 heterocycles. The summed E-state index contributed by atoms with van der Waals surface area (Å²) in [5.74, 6) is -1.40. The van der Waals surface area contributed by atoms with Crippen LogP contribution in [0.25, 0.3) is 0 Å². The van der Waals surface area contributed by atoms with Gasteiger partial charge in [0.25, 0.3) is 0 Å². The first-order valence-corrected chi connectivity index (χ1v) is 13.6. The Kier molecular flexibility index (Phi) is 8.91. The van der Waals surface area contributed by atoms with Crippen molar-refractivity contribution in [2.45, 2.75) is 39.5 Å². The van der Waals surface area contributed by atoms with Crippen LogP contribution < -0.4 is 20.1 Å². The molecule has 0 aliphatic carbocycles. The zero-order valence-electron chi connectivity index (χ0n) is 22.3. The fraction of sp³-hybridized carbons (Fsp3) is 0.300. The Morgan fingerprint density at radius 2 is 1.74 bits per heavy atom. The monoisotopic (exact) mass is 593 g/mol. The predicted molar refractivity (Wildman–Crippen MR) is 155 cm³/mol. The van der Waals surface area contributed by atoms with Crippen LogP contribution in [0.1, 0.15) is 58.0 Å². The van der Waals surface area contributed by atoms with E-state index in [1.807, 2.05) is 31.2 Å². The summed E-state index contributed by atoms with van der Waals surface area (Å²) < 4.78 is 5.92. The molecular formula is C30H32BrN3O5. The van der Waals surface area contributed by atoms with Crippen molar-refractivity contribution in [2.24, 2.45) is 0 Å². The smallest absolute Gasteiger partial charge is 0.339 e. The lowest BCUT2D eigenvalue weighted by molar-refractivity contribution is -0.120. The van der Waals surface area contributed by atoms with Crippen molar-refractivity contribution in [3.8, 4) is 5.75 Å². The normalized spacial score (nSPS) is 13.1. The van der Waals surface area contributed by atoms with E-state index in [4.69, 9.17) is 4.74 Å². The van der Waals surface area contributed by atoms with E-state index in [1.165, 1.54) is 26.5 Å². The van der Waals surface area contributed by atoms with Gasteiger partial charge >= 0.3 is 5.97 Å². The van der Waals surface area contributed by atoms with Crippen LogP contribution in [-0.4, -0.2) is 43.0 Å². The number of methoxy groups -OCH3 is 1. The Hall–Kier alpha value is -3.85. The van der Waals surface area contributed by atoms with Crippen LogP contribution in [0.15, 0.2) is 59.1 Å². The molecular weight excluding hydrogens is 562 g/mol. The van der Waals surface area contributed by atoms with Crippen molar-refractivity contribution in [2.75, 3.05) is 30.1 Å². The third-order valence-electron chi connectivity index (χ3n) is 6.82. The molecule has 0 saturated carbocycles. The highest BCUT2D eigenvalue weighted by atomic mass is 79.9. The van der Waals surface area contributed by atoms with Crippen LogP contribution in [0.4, 0.5) is 17.1 Å². The number of nitrogens with zero attached hydrogens (tertiary/aromatic N) is 2. The standard InChI is InChI=1S/C30H32BrN3O5/c1-19-8-7-9-26(33-14-5-4-6-15-33)28(19)34(24-12-10-21(11-13-24)20(2)35)32-27(36)17-22-16-23(31)18-25(30(37)38)29(22)39-3/h7-13,16,18H,4-6,14-15,17H2,1-3H3,(H,32,36)(H,37,38). The van der Waals surface area contributed by atoms with Gasteiger partial charge in [-0.05, 0) is 81.1 Å². The maximum Gasteiger partial charge on any atom is 0.339 e. The molecule has 0 aromatic heterocycles. The van der Waals surface area contributed by atoms with E-state index < -0.39 is 5.97 Å². The Balaban J connectivity index is 1.75. The minimum Gasteiger partial charge on any atom is -0.496 e. The number of para-hydroxylation sites is 1. The van der Waals surface area contributed by atoms with Crippen LogP contribution in [0.2, 0.25) is 0 Å². The molecule has 1 amide bonds. The van der Waals surface area contributed by atoms with Crippen molar-refractivity contribution >= 4 is 50.7 Å². The summed E-state index contributed by atoms with van der Waals surface area (Å²) in [6, 6.07) is 16.3. The number of anilines is 3. The summed E-state index contributed by atoms with van der Waals surface area (Å²) in [5.41, 5.74) is 7.55. The molecule has 0 atom stereocenters. The van der Waals surface area contributed by atoms with Gasteiger partial charge in [0.15, 0.2) is 5.78 Å². The highest BCUT2D eigenvalue weighted by Crippen LogP contribution is 2.38. The second-order valence-electron chi connectivity index (χ2n) is 9.59. The van der Waals surface area contributed by atoms with Gasteiger partial charge < -0.3 is 14.7 Å². The number of hydrogen-bond donors (Lipinski definition) is 2. The summed E-state index contributed by atoms with van der Waals surface area (Å²) in [5, 5.41) is 11.4. The number of halogens is 1. The molecule has 4 rings (SSSR count). The van der Waals surface area contributed by atoms with Gasteiger partial charge in [-0.1, -0.05) is 28.1 Å². The number of ether oxygens (including phenoxy) is 1. The minimum atomic E-state index is -1.15. The number of carboxylic acids is 1. The highest BCUT2D eigenvalue weighted by Gasteiger charge is 2.24. The SMILES string of the molecule is COc1c(CC(=O)NN(c2ccc(C(C)=O)cc2)c2c(C)cccc2N2CCCCC2)cc(Br)cc1C(=O)O. The number of benzene rings is 3. The number of carbonyl (C=O) groups excluding carboxylic acids is 2. The van der Waals surface area contributed by atoms with E-state index in [-0.39, 0.29) is 29.4 Å². The van der Waals surface area contributed by atoms with E-state index in [2.05, 4.69) is 32.3 Å². The van der Waals surface area contributed by atoms with Gasteiger partial charge in [0.1, 0.15) is 11.3 Å². The predicted octanol–water partition coefficient (Wildman–Crippen LogP) is 6.07. The summed E-state index contributed by atoms with van der Waals surface area (Å²) in [6.07, 6.45) is 3.27. The van der Waals surface area contributed by atoms with Crippen molar-refractivity contribution in [1.82, 2.24) is 5.43 Å². The summed E-state index contributed by atoms with van der Waals surface area (Å²) in [7, 11) is 1.39. The molecule has 8 nitrogen and oxygen atoms in total. The Labute approximate surface area is 236 Å². The van der Waals surface area contributed by atoms with Crippen LogP contribution >= 0.6 is 15.9 Å². The molecule has 3 aromatic rings. The lowest BCUT2D eigenvalue weighted by atomic mass is 10.1. The fourth-order valence-electron chi connectivity index (χ4n) is 4.94. The lowest BCUT2D eigenvalue weighted by Gasteiger charge is -2.35. The second-order valence-corrected chi connectivity index (χ2v) is 10.5. The maximum atomic E-state index is 13.6. The van der Waals surface area contributed by atoms with Crippen LogP contribution in [0, 0.1) is 6.92 Å². The number of hydrogen-bond acceptors (Lipinski definition) is 6. The molecule has 0 bridgehead atoms. The number of carboxylic acid groups (broad SMARTS) is 1. The van der Waals surface area contributed by atoms with Crippen molar-refractivity contribution in [3.63, 3.8) is 0 Å². The van der Waals surface area contributed by atoms with Crippen molar-refractivity contribution in [3.05, 3.63) is 81.3 Å². The van der Waals surface area contributed by atoms with Crippen LogP contribution in [0.5, 0.6) is 5.75 Å². The summed E-state index contributed by atoms with van der Waals surface area (Å²) >= 11 is 3.35. The molecule has 204 valence electrons. The number of Topliss-reactive ketones (excluding diaryl/α,β-unsaturated/α-hetero) is 1. The number of amides is 1. The highest BCUT2D eigenvalue weighted by molar-refractivity contribution is 9.10. The van der Waals surface area contributed by atoms with Gasteiger partial charge in [0.2, 0.25) is 5.91 Å². The van der Waals surface area contributed by atoms with Crippen LogP contribution in [-0.2, 0) is 11.2 Å². The Morgan fingerprint density at radius 1 is 1.05 bits per heavy atom. The third-order valence-corrected chi connectivity index (χ3v) is 7.28. The molecule has 0 spiro atoms. The Bertz CT molecular complexity index is 1380. The van der Waals surface area contributed by atoms with E-state index in [0.717, 1.165) is 42.9 Å². The van der Waals surface area contributed by atoms with Gasteiger partial charge in [-0.2, -0.15) is 0 Å². The second kappa shape index (κ2) is 12.3. The van der Waals surface area contributed by atoms with E-state index in [1.54, 1.807) is 23.2 Å².